The predicted molar refractivity (Wildman–Crippen MR) is 66.9 cm³/mol. The highest BCUT2D eigenvalue weighted by molar-refractivity contribution is 7.13. The van der Waals surface area contributed by atoms with Gasteiger partial charge in [0.2, 0.25) is 5.89 Å². The van der Waals surface area contributed by atoms with Gasteiger partial charge in [0.15, 0.2) is 11.0 Å². The summed E-state index contributed by atoms with van der Waals surface area (Å²) in [4.78, 5) is 8.53. The van der Waals surface area contributed by atoms with Gasteiger partial charge in [-0.2, -0.15) is 4.98 Å². The van der Waals surface area contributed by atoms with E-state index in [4.69, 9.17) is 10.3 Å². The minimum atomic E-state index is 0.311. The quantitative estimate of drug-likeness (QED) is 0.884. The van der Waals surface area contributed by atoms with Gasteiger partial charge in [-0.15, -0.1) is 11.3 Å². The zero-order chi connectivity index (χ0) is 12.3. The molecule has 2 aromatic rings. The summed E-state index contributed by atoms with van der Waals surface area (Å²) < 4.78 is 5.17. The first-order valence-corrected chi connectivity index (χ1v) is 6.55. The van der Waals surface area contributed by atoms with Crippen molar-refractivity contribution < 1.29 is 4.52 Å². The lowest BCUT2D eigenvalue weighted by molar-refractivity contribution is 0.368. The molecule has 2 heterocycles. The topological polar surface area (TPSA) is 77.8 Å². The van der Waals surface area contributed by atoms with Crippen LogP contribution in [0.15, 0.2) is 9.90 Å². The third-order valence-electron chi connectivity index (χ3n) is 2.39. The van der Waals surface area contributed by atoms with Crippen molar-refractivity contribution in [2.75, 3.05) is 5.73 Å². The molecule has 2 N–H and O–H groups in total. The highest BCUT2D eigenvalue weighted by Crippen LogP contribution is 2.14. The van der Waals surface area contributed by atoms with E-state index in [-0.39, 0.29) is 0 Å². The van der Waals surface area contributed by atoms with E-state index in [1.165, 1.54) is 11.3 Å². The number of aromatic nitrogens is 3. The average Bonchev–Trinajstić information content (AvgIpc) is 2.88. The molecule has 0 saturated carbocycles. The van der Waals surface area contributed by atoms with Crippen LogP contribution in [0, 0.1) is 0 Å². The predicted octanol–water partition coefficient (Wildman–Crippen LogP) is 2.41. The Morgan fingerprint density at radius 2 is 2.18 bits per heavy atom. The maximum absolute atomic E-state index is 5.56. The molecule has 0 aliphatic carbocycles. The van der Waals surface area contributed by atoms with Crippen molar-refractivity contribution in [3.63, 3.8) is 0 Å². The number of nitrogens with zero attached hydrogens (tertiary/aromatic N) is 3. The van der Waals surface area contributed by atoms with Crippen LogP contribution < -0.4 is 5.73 Å². The molecule has 17 heavy (non-hydrogen) atoms. The fourth-order valence-electron chi connectivity index (χ4n) is 1.46. The van der Waals surface area contributed by atoms with Crippen LogP contribution in [0.4, 0.5) is 5.13 Å². The zero-order valence-corrected chi connectivity index (χ0v) is 10.8. The van der Waals surface area contributed by atoms with E-state index in [0.717, 1.165) is 30.8 Å². The molecule has 0 amide bonds. The van der Waals surface area contributed by atoms with Gasteiger partial charge < -0.3 is 10.3 Å². The van der Waals surface area contributed by atoms with Crippen LogP contribution in [0.3, 0.4) is 0 Å². The molecular weight excluding hydrogens is 236 g/mol. The Bertz CT molecular complexity index is 477. The van der Waals surface area contributed by atoms with Gasteiger partial charge in [-0.05, 0) is 12.8 Å². The molecule has 92 valence electrons. The fourth-order valence-corrected chi connectivity index (χ4v) is 2.06. The molecule has 0 unspecified atom stereocenters. The van der Waals surface area contributed by atoms with Gasteiger partial charge in [-0.3, -0.25) is 0 Å². The molecule has 0 bridgehead atoms. The second kappa shape index (κ2) is 5.27. The molecular formula is C11H16N4OS. The number of hydrogen-bond acceptors (Lipinski definition) is 6. The summed E-state index contributed by atoms with van der Waals surface area (Å²) in [6, 6.07) is 0. The third-order valence-corrected chi connectivity index (χ3v) is 3.12. The lowest BCUT2D eigenvalue weighted by Crippen LogP contribution is -1.93. The van der Waals surface area contributed by atoms with Crippen molar-refractivity contribution in [3.8, 4) is 0 Å². The molecule has 5 nitrogen and oxygen atoms in total. The number of nitrogens with two attached hydrogens (primary N) is 1. The lowest BCUT2D eigenvalue weighted by Gasteiger charge is -1.94. The number of thiazole rings is 1. The van der Waals surface area contributed by atoms with E-state index < -0.39 is 0 Å². The fraction of sp³-hybridized carbons (Fsp3) is 0.545. The Morgan fingerprint density at radius 3 is 2.76 bits per heavy atom. The molecule has 0 spiro atoms. The Morgan fingerprint density at radius 1 is 1.35 bits per heavy atom. The maximum Gasteiger partial charge on any atom is 0.226 e. The van der Waals surface area contributed by atoms with Gasteiger partial charge in [0.1, 0.15) is 0 Å². The first-order valence-electron chi connectivity index (χ1n) is 5.67. The first kappa shape index (κ1) is 12.0. The number of anilines is 1. The molecule has 6 heteroatoms. The van der Waals surface area contributed by atoms with Crippen molar-refractivity contribution in [1.29, 1.82) is 0 Å². The maximum atomic E-state index is 5.56. The van der Waals surface area contributed by atoms with E-state index in [9.17, 15) is 0 Å². The van der Waals surface area contributed by atoms with Crippen LogP contribution >= 0.6 is 11.3 Å². The average molecular weight is 252 g/mol. The van der Waals surface area contributed by atoms with Crippen LogP contribution in [0.2, 0.25) is 0 Å². The van der Waals surface area contributed by atoms with Crippen LogP contribution in [0.25, 0.3) is 0 Å². The van der Waals surface area contributed by atoms with Gasteiger partial charge >= 0.3 is 0 Å². The Labute approximate surface area is 104 Å². The van der Waals surface area contributed by atoms with Crippen molar-refractivity contribution in [2.45, 2.75) is 39.0 Å². The van der Waals surface area contributed by atoms with Crippen molar-refractivity contribution in [2.24, 2.45) is 0 Å². The van der Waals surface area contributed by atoms with Crippen LogP contribution in [-0.4, -0.2) is 15.1 Å². The smallest absolute Gasteiger partial charge is 0.226 e. The summed E-state index contributed by atoms with van der Waals surface area (Å²) in [6.45, 7) is 4.10. The van der Waals surface area contributed by atoms with Gasteiger partial charge in [-0.25, -0.2) is 4.98 Å². The molecule has 2 rings (SSSR count). The Hall–Kier alpha value is -1.43. The summed E-state index contributed by atoms with van der Waals surface area (Å²) in [7, 11) is 0. The van der Waals surface area contributed by atoms with Crippen molar-refractivity contribution >= 4 is 16.5 Å². The van der Waals surface area contributed by atoms with E-state index in [1.807, 2.05) is 19.2 Å². The number of hydrogen-bond donors (Lipinski definition) is 1. The summed E-state index contributed by atoms with van der Waals surface area (Å²) in [5, 5.41) is 6.54. The van der Waals surface area contributed by atoms with Gasteiger partial charge in [-0.1, -0.05) is 19.0 Å². The Kier molecular flexibility index (Phi) is 3.73. The van der Waals surface area contributed by atoms with E-state index in [1.54, 1.807) is 0 Å². The SMILES string of the molecule is CC(C)c1noc(CCCc2csc(N)n2)n1. The van der Waals surface area contributed by atoms with E-state index in [0.29, 0.717) is 16.9 Å². The van der Waals surface area contributed by atoms with Gasteiger partial charge in [0.05, 0.1) is 5.69 Å². The van der Waals surface area contributed by atoms with Crippen LogP contribution in [0.5, 0.6) is 0 Å². The highest BCUT2D eigenvalue weighted by atomic mass is 32.1. The normalized spacial score (nSPS) is 11.2. The standard InChI is InChI=1S/C11H16N4OS/c1-7(2)10-14-9(16-15-10)5-3-4-8-6-17-11(12)13-8/h6-7H,3-5H2,1-2H3,(H2,12,13). The van der Waals surface area contributed by atoms with Gasteiger partial charge in [0.25, 0.3) is 0 Å². The van der Waals surface area contributed by atoms with E-state index in [2.05, 4.69) is 15.1 Å². The molecule has 0 saturated heterocycles. The monoisotopic (exact) mass is 252 g/mol. The minimum Gasteiger partial charge on any atom is -0.375 e. The third kappa shape index (κ3) is 3.26. The zero-order valence-electron chi connectivity index (χ0n) is 10.0. The summed E-state index contributed by atoms with van der Waals surface area (Å²) >= 11 is 1.47. The molecule has 0 aliphatic rings. The number of aryl methyl sites for hydroxylation is 2. The first-order chi connectivity index (χ1) is 8.15. The molecule has 0 fully saturated rings. The van der Waals surface area contributed by atoms with Crippen LogP contribution in [0.1, 0.15) is 43.6 Å². The molecule has 0 radical (unpaired) electrons. The second-order valence-corrected chi connectivity index (χ2v) is 5.12. The molecule has 0 aromatic carbocycles. The second-order valence-electron chi connectivity index (χ2n) is 4.23. The minimum absolute atomic E-state index is 0.311. The van der Waals surface area contributed by atoms with Crippen LogP contribution in [-0.2, 0) is 12.8 Å². The molecule has 0 aliphatic heterocycles. The molecule has 0 atom stereocenters. The largest absolute Gasteiger partial charge is 0.375 e. The Balaban J connectivity index is 1.81. The number of nitrogen functional groups attached to an aromatic ring is 1. The van der Waals surface area contributed by atoms with Crippen molar-refractivity contribution in [1.82, 2.24) is 15.1 Å². The van der Waals surface area contributed by atoms with Crippen molar-refractivity contribution in [3.05, 3.63) is 22.8 Å². The summed E-state index contributed by atoms with van der Waals surface area (Å²) in [6.07, 6.45) is 2.63. The summed E-state index contributed by atoms with van der Waals surface area (Å²) in [5.74, 6) is 1.79. The summed E-state index contributed by atoms with van der Waals surface area (Å²) in [5.41, 5.74) is 6.60. The lowest BCUT2D eigenvalue weighted by atomic mass is 10.2. The van der Waals surface area contributed by atoms with E-state index >= 15 is 0 Å². The highest BCUT2D eigenvalue weighted by Gasteiger charge is 2.09. The number of rotatable bonds is 5. The molecule has 2 aromatic heterocycles. The van der Waals surface area contributed by atoms with Gasteiger partial charge in [0, 0.05) is 17.7 Å².